The minimum atomic E-state index is -0.689. The Morgan fingerprint density at radius 3 is 1.83 bits per heavy atom. The van der Waals surface area contributed by atoms with Crippen LogP contribution in [0.15, 0.2) is 64.8 Å². The minimum Gasteiger partial charge on any atom is -0.489 e. The number of unbranched alkanes of at least 4 members (excludes halogenated alkanes) is 1. The van der Waals surface area contributed by atoms with Gasteiger partial charge < -0.3 is 21.9 Å². The second-order valence-electron chi connectivity index (χ2n) is 6.99. The summed E-state index contributed by atoms with van der Waals surface area (Å²) in [5.74, 6) is 0.651. The molecule has 6 heteroatoms. The number of hydrogen-bond donors (Lipinski definition) is 3. The Hall–Kier alpha value is -2.86. The van der Waals surface area contributed by atoms with Gasteiger partial charge in [0.05, 0.1) is 11.3 Å². The van der Waals surface area contributed by atoms with Crippen LogP contribution < -0.4 is 21.9 Å². The zero-order valence-electron chi connectivity index (χ0n) is 19.4. The standard InChI is InChI=1S/C18H23N5O.C4H10.C2H6/c1-18(2,21)16(22-23-17(19)20)14-8-10-15(11-9-14)24-12-13-6-4-3-5-7-13;1-3-4-2;1-2/h3-11H,12,21H2,1-2H3,(H4,19,20,23);3-4H2,1-2H3;1-2H3/b22-16-;;. The van der Waals surface area contributed by atoms with E-state index >= 15 is 0 Å². The van der Waals surface area contributed by atoms with Crippen LogP contribution in [0.2, 0.25) is 0 Å². The highest BCUT2D eigenvalue weighted by Crippen LogP contribution is 2.18. The Balaban J connectivity index is 0.00000125. The predicted molar refractivity (Wildman–Crippen MR) is 130 cm³/mol. The van der Waals surface area contributed by atoms with E-state index in [1.807, 2.05) is 82.3 Å². The predicted octanol–water partition coefficient (Wildman–Crippen LogP) is 4.81. The van der Waals surface area contributed by atoms with Gasteiger partial charge in [-0.25, -0.2) is 0 Å². The summed E-state index contributed by atoms with van der Waals surface area (Å²) < 4.78 is 5.77. The average Bonchev–Trinajstić information content (AvgIpc) is 2.74. The van der Waals surface area contributed by atoms with Crippen molar-refractivity contribution in [1.82, 2.24) is 0 Å². The van der Waals surface area contributed by atoms with Crippen LogP contribution in [0.1, 0.15) is 65.5 Å². The van der Waals surface area contributed by atoms with Crippen molar-refractivity contribution in [3.8, 4) is 5.75 Å². The number of guanidine groups is 1. The molecule has 0 saturated heterocycles. The molecule has 6 N–H and O–H groups in total. The Kier molecular flexibility index (Phi) is 13.6. The van der Waals surface area contributed by atoms with Crippen LogP contribution in [0.25, 0.3) is 0 Å². The van der Waals surface area contributed by atoms with Crippen LogP contribution in [-0.2, 0) is 6.61 Å². The third-order valence-corrected chi connectivity index (χ3v) is 3.75. The normalized spacial score (nSPS) is 10.7. The van der Waals surface area contributed by atoms with E-state index in [-0.39, 0.29) is 5.96 Å². The fourth-order valence-corrected chi connectivity index (χ4v) is 2.12. The summed E-state index contributed by atoms with van der Waals surface area (Å²) in [7, 11) is 0. The van der Waals surface area contributed by atoms with E-state index in [9.17, 15) is 0 Å². The van der Waals surface area contributed by atoms with Gasteiger partial charge >= 0.3 is 0 Å². The van der Waals surface area contributed by atoms with Crippen LogP contribution in [0.3, 0.4) is 0 Å². The number of nitrogens with zero attached hydrogens (tertiary/aromatic N) is 2. The van der Waals surface area contributed by atoms with Crippen LogP contribution in [-0.4, -0.2) is 17.2 Å². The molecule has 0 radical (unpaired) electrons. The van der Waals surface area contributed by atoms with Gasteiger partial charge in [-0.15, -0.1) is 10.2 Å². The molecule has 0 aliphatic carbocycles. The largest absolute Gasteiger partial charge is 0.489 e. The molecule has 0 fully saturated rings. The highest BCUT2D eigenvalue weighted by molar-refractivity contribution is 6.07. The first-order valence-electron chi connectivity index (χ1n) is 10.5. The molecule has 0 amide bonds. The first-order chi connectivity index (χ1) is 14.3. The highest BCUT2D eigenvalue weighted by Gasteiger charge is 2.21. The first kappa shape index (κ1) is 27.1. The van der Waals surface area contributed by atoms with Crippen molar-refractivity contribution in [2.45, 2.75) is 66.5 Å². The number of nitrogens with two attached hydrogens (primary N) is 3. The lowest BCUT2D eigenvalue weighted by atomic mass is 9.93. The molecule has 0 heterocycles. The SMILES string of the molecule is CC.CC(C)(N)/C(=N\N=C(N)N)c1ccc(OCc2ccccc2)cc1.CCCC. The van der Waals surface area contributed by atoms with Gasteiger partial charge in [-0.3, -0.25) is 0 Å². The van der Waals surface area contributed by atoms with Crippen LogP contribution >= 0.6 is 0 Å². The van der Waals surface area contributed by atoms with E-state index < -0.39 is 5.54 Å². The van der Waals surface area contributed by atoms with Gasteiger partial charge in [-0.2, -0.15) is 0 Å². The van der Waals surface area contributed by atoms with Gasteiger partial charge in [0, 0.05) is 0 Å². The van der Waals surface area contributed by atoms with Gasteiger partial charge in [0.25, 0.3) is 0 Å². The molecule has 0 spiro atoms. The highest BCUT2D eigenvalue weighted by atomic mass is 16.5. The monoisotopic (exact) mass is 413 g/mol. The van der Waals surface area contributed by atoms with E-state index in [4.69, 9.17) is 21.9 Å². The van der Waals surface area contributed by atoms with Crippen molar-refractivity contribution in [1.29, 1.82) is 0 Å². The smallest absolute Gasteiger partial charge is 0.211 e. The van der Waals surface area contributed by atoms with E-state index in [1.165, 1.54) is 12.8 Å². The summed E-state index contributed by atoms with van der Waals surface area (Å²) >= 11 is 0. The zero-order chi connectivity index (χ0) is 23.0. The molecule has 0 aliphatic heterocycles. The topological polar surface area (TPSA) is 112 Å². The van der Waals surface area contributed by atoms with Gasteiger partial charge in [-0.05, 0) is 49.2 Å². The molecule has 6 nitrogen and oxygen atoms in total. The molecule has 2 rings (SSSR count). The molecule has 0 saturated carbocycles. The van der Waals surface area contributed by atoms with Crippen molar-refractivity contribution in [3.05, 3.63) is 65.7 Å². The van der Waals surface area contributed by atoms with Crippen molar-refractivity contribution >= 4 is 11.7 Å². The molecular weight excluding hydrogens is 374 g/mol. The summed E-state index contributed by atoms with van der Waals surface area (Å²) in [4.78, 5) is 0. The third kappa shape index (κ3) is 11.2. The molecule has 0 aromatic heterocycles. The average molecular weight is 414 g/mol. The lowest BCUT2D eigenvalue weighted by Crippen LogP contribution is -2.42. The Morgan fingerprint density at radius 2 is 1.40 bits per heavy atom. The number of rotatable bonds is 7. The van der Waals surface area contributed by atoms with Crippen LogP contribution in [0.4, 0.5) is 0 Å². The summed E-state index contributed by atoms with van der Waals surface area (Å²) in [5.41, 5.74) is 18.7. The number of benzene rings is 2. The molecule has 30 heavy (non-hydrogen) atoms. The van der Waals surface area contributed by atoms with E-state index in [0.29, 0.717) is 12.3 Å². The lowest BCUT2D eigenvalue weighted by molar-refractivity contribution is 0.306. The van der Waals surface area contributed by atoms with Gasteiger partial charge in [0.15, 0.2) is 0 Å². The van der Waals surface area contributed by atoms with E-state index in [2.05, 4.69) is 24.1 Å². The third-order valence-electron chi connectivity index (χ3n) is 3.75. The summed E-state index contributed by atoms with van der Waals surface area (Å²) in [5, 5.41) is 7.79. The second-order valence-corrected chi connectivity index (χ2v) is 6.99. The molecule has 0 bridgehead atoms. The summed E-state index contributed by atoms with van der Waals surface area (Å²) in [6, 6.07) is 17.5. The molecule has 0 atom stereocenters. The number of hydrogen-bond acceptors (Lipinski definition) is 4. The second kappa shape index (κ2) is 15.0. The number of ether oxygens (including phenoxy) is 1. The van der Waals surface area contributed by atoms with E-state index in [0.717, 1.165) is 16.9 Å². The molecule has 0 unspecified atom stereocenters. The molecule has 2 aromatic carbocycles. The minimum absolute atomic E-state index is 0.112. The molecular formula is C24H39N5O. The Labute approximate surface area is 182 Å². The maximum absolute atomic E-state index is 6.16. The van der Waals surface area contributed by atoms with Crippen LogP contribution in [0, 0.1) is 0 Å². The maximum atomic E-state index is 6.16. The van der Waals surface area contributed by atoms with Crippen molar-refractivity contribution < 1.29 is 4.74 Å². The van der Waals surface area contributed by atoms with Gasteiger partial charge in [0.1, 0.15) is 12.4 Å². The van der Waals surface area contributed by atoms with Crippen LogP contribution in [0.5, 0.6) is 5.75 Å². The summed E-state index contributed by atoms with van der Waals surface area (Å²) in [6.07, 6.45) is 2.64. The molecule has 166 valence electrons. The maximum Gasteiger partial charge on any atom is 0.211 e. The van der Waals surface area contributed by atoms with Crippen molar-refractivity contribution in [2.75, 3.05) is 0 Å². The fraction of sp³-hybridized carbons (Fsp3) is 0.417. The van der Waals surface area contributed by atoms with E-state index in [1.54, 1.807) is 0 Å². The molecule has 2 aromatic rings. The lowest BCUT2D eigenvalue weighted by Gasteiger charge is -2.21. The zero-order valence-corrected chi connectivity index (χ0v) is 19.4. The summed E-state index contributed by atoms with van der Waals surface area (Å²) in [6.45, 7) is 12.6. The first-order valence-corrected chi connectivity index (χ1v) is 10.5. The quantitative estimate of drug-likeness (QED) is 0.343. The Bertz CT molecular complexity index is 741. The molecule has 0 aliphatic rings. The van der Waals surface area contributed by atoms with Crippen molar-refractivity contribution in [2.24, 2.45) is 27.4 Å². The van der Waals surface area contributed by atoms with Gasteiger partial charge in [0.2, 0.25) is 5.96 Å². The fourth-order valence-electron chi connectivity index (χ4n) is 2.12. The van der Waals surface area contributed by atoms with Gasteiger partial charge in [-0.1, -0.05) is 70.9 Å². The van der Waals surface area contributed by atoms with Crippen molar-refractivity contribution in [3.63, 3.8) is 0 Å². The Morgan fingerprint density at radius 1 is 0.867 bits per heavy atom.